The van der Waals surface area contributed by atoms with Crippen LogP contribution in [0, 0.1) is 32.0 Å². The predicted molar refractivity (Wildman–Crippen MR) is 286 cm³/mol. The van der Waals surface area contributed by atoms with E-state index < -0.39 is 0 Å². The Labute approximate surface area is 428 Å². The quantitative estimate of drug-likeness (QED) is 0.0905. The average molecular weight is 1090 g/mol. The van der Waals surface area contributed by atoms with Crippen LogP contribution >= 0.6 is 0 Å². The number of rotatable bonds is 12. The minimum atomic E-state index is 0. The Morgan fingerprint density at radius 2 is 1.18 bits per heavy atom. The van der Waals surface area contributed by atoms with Crippen molar-refractivity contribution in [1.29, 1.82) is 0 Å². The number of aryl methyl sites for hydroxylation is 6. The van der Waals surface area contributed by atoms with Gasteiger partial charge in [0.15, 0.2) is 0 Å². The summed E-state index contributed by atoms with van der Waals surface area (Å²) in [6.45, 7) is 4.25. The van der Waals surface area contributed by atoms with E-state index in [0.29, 0.717) is 0 Å². The van der Waals surface area contributed by atoms with Gasteiger partial charge in [0.2, 0.25) is 0 Å². The van der Waals surface area contributed by atoms with Gasteiger partial charge in [-0.2, -0.15) is 28.9 Å². The van der Waals surface area contributed by atoms with E-state index in [1.165, 1.54) is 66.5 Å². The minimum Gasteiger partial charge on any atom is -0.337 e. The smallest absolute Gasteiger partial charge is 0.337 e. The average Bonchev–Trinajstić information content (AvgIpc) is 4.08. The number of hydrogen-bond acceptors (Lipinski definition) is 3. The third kappa shape index (κ3) is 9.05. The van der Waals surface area contributed by atoms with Crippen molar-refractivity contribution in [3.63, 3.8) is 0 Å². The van der Waals surface area contributed by atoms with Crippen molar-refractivity contribution >= 4 is 27.3 Å². The number of benzene rings is 8. The molecule has 71 heavy (non-hydrogen) atoms. The molecule has 4 aromatic heterocycles. The Kier molecular flexibility index (Phi) is 12.6. The SMILES string of the molecule is Cc1nc2c3[c-]cc(CCc4cc(CCc5c[c-]c(-n6cccn6)cc5)cc(-c5ccccc5-c5c[c-]c(-c6ccccn6)cc5-c5ccc(-c6ccccc6)cc5)c4)cc3c3ccccc3n2c1C.[Ir+3]. The molecule has 0 saturated carbocycles. The number of aromatic nitrogens is 5. The van der Waals surface area contributed by atoms with Crippen molar-refractivity contribution in [3.8, 4) is 61.5 Å². The molecule has 0 aliphatic heterocycles. The molecule has 0 saturated heterocycles. The van der Waals surface area contributed by atoms with Crippen LogP contribution in [0.15, 0.2) is 207 Å². The van der Waals surface area contributed by atoms with Gasteiger partial charge in [-0.15, -0.1) is 59.0 Å². The molecule has 0 aliphatic rings. The first-order valence-electron chi connectivity index (χ1n) is 24.1. The molecular formula is C65H48IrN5. The van der Waals surface area contributed by atoms with Gasteiger partial charge in [-0.25, -0.2) is 0 Å². The number of nitrogens with zero attached hydrogens (tertiary/aromatic N) is 5. The monoisotopic (exact) mass is 1090 g/mol. The summed E-state index contributed by atoms with van der Waals surface area (Å²) in [4.78, 5) is 9.74. The summed E-state index contributed by atoms with van der Waals surface area (Å²) in [6, 6.07) is 78.5. The summed E-state index contributed by atoms with van der Waals surface area (Å²) in [5.74, 6) is 0. The van der Waals surface area contributed by atoms with E-state index in [9.17, 15) is 0 Å². The molecule has 4 heterocycles. The van der Waals surface area contributed by atoms with Crippen LogP contribution < -0.4 is 0 Å². The van der Waals surface area contributed by atoms with E-state index in [-0.39, 0.29) is 20.1 Å². The number of imidazole rings is 1. The molecule has 12 rings (SSSR count). The third-order valence-corrected chi connectivity index (χ3v) is 13.8. The van der Waals surface area contributed by atoms with Gasteiger partial charge in [-0.3, -0.25) is 9.67 Å². The fourth-order valence-corrected chi connectivity index (χ4v) is 10.1. The Balaban J connectivity index is 0.00000547. The van der Waals surface area contributed by atoms with Crippen molar-refractivity contribution in [3.05, 3.63) is 258 Å². The van der Waals surface area contributed by atoms with Crippen molar-refractivity contribution in [2.45, 2.75) is 39.5 Å². The van der Waals surface area contributed by atoms with Gasteiger partial charge in [-0.1, -0.05) is 162 Å². The molecular weight excluding hydrogens is 1040 g/mol. The molecule has 342 valence electrons. The second-order valence-electron chi connectivity index (χ2n) is 18.2. The molecule has 0 fully saturated rings. The van der Waals surface area contributed by atoms with E-state index in [2.05, 4.69) is 211 Å². The maximum Gasteiger partial charge on any atom is 3.00 e. The summed E-state index contributed by atoms with van der Waals surface area (Å²) >= 11 is 0. The zero-order chi connectivity index (χ0) is 47.0. The molecule has 0 aliphatic carbocycles. The summed E-state index contributed by atoms with van der Waals surface area (Å²) in [7, 11) is 0. The van der Waals surface area contributed by atoms with Crippen LogP contribution in [0.1, 0.15) is 33.6 Å². The summed E-state index contributed by atoms with van der Waals surface area (Å²) < 4.78 is 4.14. The number of pyridine rings is 2. The topological polar surface area (TPSA) is 48.0 Å². The molecule has 8 aromatic carbocycles. The number of para-hydroxylation sites is 1. The first kappa shape index (κ1) is 45.4. The van der Waals surface area contributed by atoms with Crippen molar-refractivity contribution in [2.75, 3.05) is 0 Å². The Bertz CT molecular complexity index is 3820. The van der Waals surface area contributed by atoms with Crippen molar-refractivity contribution in [2.24, 2.45) is 0 Å². The van der Waals surface area contributed by atoms with Crippen LogP contribution in [0.25, 0.3) is 88.8 Å². The minimum absolute atomic E-state index is 0. The molecule has 0 amide bonds. The zero-order valence-corrected chi connectivity index (χ0v) is 41.9. The summed E-state index contributed by atoms with van der Waals surface area (Å²) in [6.07, 6.45) is 9.12. The third-order valence-electron chi connectivity index (χ3n) is 13.8. The van der Waals surface area contributed by atoms with Gasteiger partial charge in [0.1, 0.15) is 0 Å². The van der Waals surface area contributed by atoms with E-state index in [1.54, 1.807) is 6.20 Å². The molecule has 12 aromatic rings. The Morgan fingerprint density at radius 1 is 0.479 bits per heavy atom. The first-order chi connectivity index (χ1) is 34.5. The molecule has 0 atom stereocenters. The van der Waals surface area contributed by atoms with Crippen LogP contribution in [-0.2, 0) is 45.8 Å². The van der Waals surface area contributed by atoms with Crippen molar-refractivity contribution in [1.82, 2.24) is 24.1 Å². The predicted octanol–water partition coefficient (Wildman–Crippen LogP) is 15.1. The van der Waals surface area contributed by atoms with E-state index in [4.69, 9.17) is 9.97 Å². The Hall–Kier alpha value is -8.02. The summed E-state index contributed by atoms with van der Waals surface area (Å²) in [5.41, 5.74) is 21.6. The molecule has 0 bridgehead atoms. The Morgan fingerprint density at radius 3 is 1.94 bits per heavy atom. The maximum atomic E-state index is 5.02. The van der Waals surface area contributed by atoms with Gasteiger partial charge in [0.25, 0.3) is 0 Å². The molecule has 0 N–H and O–H groups in total. The van der Waals surface area contributed by atoms with Gasteiger partial charge >= 0.3 is 20.1 Å². The van der Waals surface area contributed by atoms with Gasteiger partial charge in [0, 0.05) is 35.5 Å². The fourth-order valence-electron chi connectivity index (χ4n) is 10.1. The van der Waals surface area contributed by atoms with Crippen molar-refractivity contribution < 1.29 is 20.1 Å². The molecule has 0 unspecified atom stereocenters. The van der Waals surface area contributed by atoms with E-state index in [0.717, 1.165) is 81.6 Å². The van der Waals surface area contributed by atoms with E-state index >= 15 is 0 Å². The standard InChI is InChI=1S/C65H48N5.Ir/c1-44-45(2)70-64-19-9-8-17-59(64)62-42-47(26-34-60(62)65(70)68-44)21-23-49-39-48(22-20-46-24-32-55(33-25-46)69-38-12-37-67-69)40-54(41-49)56-15-6-7-16-57(56)58-35-31-53(63-18-10-11-36-66-63)43-61(58)52-29-27-51(28-30-52)50-13-4-3-5-14-50;/h3-19,24-30,32,35-43H,20-23H2,1-2H3;/q-3;+3. The van der Waals surface area contributed by atoms with Crippen LogP contribution in [-0.4, -0.2) is 24.1 Å². The number of fused-ring (bicyclic) bond motifs is 6. The zero-order valence-electron chi connectivity index (χ0n) is 39.5. The largest absolute Gasteiger partial charge is 3.00 e. The van der Waals surface area contributed by atoms with Gasteiger partial charge in [0.05, 0.1) is 5.65 Å². The first-order valence-corrected chi connectivity index (χ1v) is 24.1. The van der Waals surface area contributed by atoms with Gasteiger partial charge < -0.3 is 9.38 Å². The second kappa shape index (κ2) is 19.8. The second-order valence-corrected chi connectivity index (χ2v) is 18.2. The molecule has 0 spiro atoms. The summed E-state index contributed by atoms with van der Waals surface area (Å²) in [5, 5.41) is 7.88. The molecule has 5 nitrogen and oxygen atoms in total. The molecule has 0 radical (unpaired) electrons. The van der Waals surface area contributed by atoms with E-state index in [1.807, 2.05) is 35.3 Å². The van der Waals surface area contributed by atoms with Crippen LogP contribution in [0.5, 0.6) is 0 Å². The fraction of sp³-hybridized carbons (Fsp3) is 0.0923. The van der Waals surface area contributed by atoms with Crippen LogP contribution in [0.3, 0.4) is 0 Å². The van der Waals surface area contributed by atoms with Gasteiger partial charge in [-0.05, 0) is 101 Å². The van der Waals surface area contributed by atoms with Crippen LogP contribution in [0.2, 0.25) is 0 Å². The van der Waals surface area contributed by atoms with Crippen LogP contribution in [0.4, 0.5) is 0 Å². The normalized spacial score (nSPS) is 11.4. The molecule has 6 heteroatoms. The number of hydrogen-bond donors (Lipinski definition) is 0. The maximum absolute atomic E-state index is 5.02.